The van der Waals surface area contributed by atoms with Crippen molar-refractivity contribution in [2.24, 2.45) is 0 Å². The van der Waals surface area contributed by atoms with Gasteiger partial charge in [0.2, 0.25) is 5.91 Å². The third kappa shape index (κ3) is 4.59. The molecule has 2 N–H and O–H groups in total. The molecule has 104 valence electrons. The average molecular weight is 259 g/mol. The molecule has 0 spiro atoms. The first-order valence-electron chi connectivity index (χ1n) is 5.87. The number of nitrogens with zero attached hydrogens (tertiary/aromatic N) is 2. The molecule has 0 saturated carbocycles. The molecular weight excluding hydrogens is 238 g/mol. The predicted molar refractivity (Wildman–Crippen MR) is 65.1 cm³/mol. The molecule has 1 saturated heterocycles. The average Bonchev–Trinajstić information content (AvgIpc) is 2.57. The molecule has 0 aromatic heterocycles. The molecule has 7 heteroatoms. The van der Waals surface area contributed by atoms with E-state index in [0.717, 1.165) is 6.54 Å². The molecule has 1 heterocycles. The zero-order valence-corrected chi connectivity index (χ0v) is 11.0. The van der Waals surface area contributed by atoms with Crippen molar-refractivity contribution in [3.8, 4) is 0 Å². The topological polar surface area (TPSA) is 82.1 Å². The van der Waals surface area contributed by atoms with E-state index in [9.17, 15) is 14.7 Å². The van der Waals surface area contributed by atoms with Gasteiger partial charge in [-0.15, -0.1) is 0 Å². The highest BCUT2D eigenvalue weighted by atomic mass is 16.5. The van der Waals surface area contributed by atoms with Gasteiger partial charge in [0.1, 0.15) is 0 Å². The summed E-state index contributed by atoms with van der Waals surface area (Å²) in [5.74, 6) is -0.417. The van der Waals surface area contributed by atoms with E-state index >= 15 is 0 Å². The summed E-state index contributed by atoms with van der Waals surface area (Å²) in [6.07, 6.45) is -0.534. The van der Waals surface area contributed by atoms with Gasteiger partial charge in [0.25, 0.3) is 0 Å². The summed E-state index contributed by atoms with van der Waals surface area (Å²) in [6, 6.07) is 0.124. The second kappa shape index (κ2) is 6.67. The Labute approximate surface area is 107 Å². The lowest BCUT2D eigenvalue weighted by atomic mass is 10.2. The van der Waals surface area contributed by atoms with Crippen LogP contribution in [-0.4, -0.2) is 79.9 Å². The van der Waals surface area contributed by atoms with Gasteiger partial charge in [-0.3, -0.25) is 15.0 Å². The fraction of sp³-hybridized carbons (Fsp3) is 0.818. The first-order valence-corrected chi connectivity index (χ1v) is 5.87. The third-order valence-electron chi connectivity index (χ3n) is 2.86. The number of amides is 2. The van der Waals surface area contributed by atoms with Gasteiger partial charge >= 0.3 is 6.09 Å². The molecule has 0 aromatic carbocycles. The van der Waals surface area contributed by atoms with E-state index in [1.807, 2.05) is 23.9 Å². The van der Waals surface area contributed by atoms with Crippen LogP contribution in [0.15, 0.2) is 0 Å². The van der Waals surface area contributed by atoms with Crippen LogP contribution in [0.3, 0.4) is 0 Å². The summed E-state index contributed by atoms with van der Waals surface area (Å²) in [5.41, 5.74) is 0. The van der Waals surface area contributed by atoms with Crippen molar-refractivity contribution in [1.82, 2.24) is 15.1 Å². The van der Waals surface area contributed by atoms with Crippen LogP contribution in [0.1, 0.15) is 6.42 Å². The largest absolute Gasteiger partial charge is 0.453 e. The number of likely N-dealkylation sites (N-methyl/N-ethyl adjacent to an activating group) is 1. The molecular formula is C11H21N3O4. The lowest BCUT2D eigenvalue weighted by Gasteiger charge is -2.25. The Morgan fingerprint density at radius 1 is 1.50 bits per heavy atom. The standard InChI is InChI=1S/C11H21N3O4/c1-13(2)5-8-4-9(15)6-14(8)7-10(16)12-11(17)18-3/h8-9,15H,4-7H2,1-3H3,(H,12,16,17). The number of nitrogens with one attached hydrogen (secondary N) is 1. The SMILES string of the molecule is COC(=O)NC(=O)CN1CC(O)CC1CN(C)C. The normalized spacial score (nSPS) is 24.3. The summed E-state index contributed by atoms with van der Waals surface area (Å²) in [5, 5.41) is 11.7. The molecule has 1 rings (SSSR count). The van der Waals surface area contributed by atoms with Crippen molar-refractivity contribution in [3.05, 3.63) is 0 Å². The Balaban J connectivity index is 2.48. The highest BCUT2D eigenvalue weighted by Gasteiger charge is 2.32. The monoisotopic (exact) mass is 259 g/mol. The maximum atomic E-state index is 11.6. The minimum absolute atomic E-state index is 0.0880. The quantitative estimate of drug-likeness (QED) is 0.664. The van der Waals surface area contributed by atoms with Gasteiger partial charge in [-0.2, -0.15) is 0 Å². The van der Waals surface area contributed by atoms with Crippen molar-refractivity contribution < 1.29 is 19.4 Å². The smallest absolute Gasteiger partial charge is 0.413 e. The van der Waals surface area contributed by atoms with Crippen LogP contribution in [0.5, 0.6) is 0 Å². The zero-order chi connectivity index (χ0) is 13.7. The molecule has 0 aromatic rings. The number of aliphatic hydroxyl groups excluding tert-OH is 1. The van der Waals surface area contributed by atoms with E-state index in [1.54, 1.807) is 0 Å². The van der Waals surface area contributed by atoms with Crippen LogP contribution in [0.2, 0.25) is 0 Å². The molecule has 0 aliphatic carbocycles. The van der Waals surface area contributed by atoms with Crippen LogP contribution in [0.25, 0.3) is 0 Å². The van der Waals surface area contributed by atoms with Crippen LogP contribution >= 0.6 is 0 Å². The van der Waals surface area contributed by atoms with E-state index in [-0.39, 0.29) is 12.6 Å². The van der Waals surface area contributed by atoms with Crippen LogP contribution < -0.4 is 5.32 Å². The van der Waals surface area contributed by atoms with Crippen LogP contribution in [0.4, 0.5) is 4.79 Å². The number of imide groups is 1. The number of carbonyl (C=O) groups excluding carboxylic acids is 2. The maximum Gasteiger partial charge on any atom is 0.413 e. The predicted octanol–water partition coefficient (Wildman–Crippen LogP) is -1.13. The van der Waals surface area contributed by atoms with Crippen molar-refractivity contribution in [2.75, 3.05) is 40.8 Å². The van der Waals surface area contributed by atoms with Gasteiger partial charge in [0.15, 0.2) is 0 Å². The lowest BCUT2D eigenvalue weighted by molar-refractivity contribution is -0.121. The van der Waals surface area contributed by atoms with Gasteiger partial charge in [0.05, 0.1) is 19.8 Å². The molecule has 2 atom stereocenters. The van der Waals surface area contributed by atoms with Crippen LogP contribution in [-0.2, 0) is 9.53 Å². The second-order valence-corrected chi connectivity index (χ2v) is 4.77. The maximum absolute atomic E-state index is 11.6. The Kier molecular flexibility index (Phi) is 5.52. The summed E-state index contributed by atoms with van der Waals surface area (Å²) in [4.78, 5) is 26.3. The number of hydrogen-bond acceptors (Lipinski definition) is 6. The number of carbonyl (C=O) groups is 2. The number of hydrogen-bond donors (Lipinski definition) is 2. The summed E-state index contributed by atoms with van der Waals surface area (Å²) >= 11 is 0. The Morgan fingerprint density at radius 2 is 2.17 bits per heavy atom. The van der Waals surface area contributed by atoms with Gasteiger partial charge in [-0.25, -0.2) is 4.79 Å². The Bertz CT molecular complexity index is 309. The minimum atomic E-state index is -0.760. The lowest BCUT2D eigenvalue weighted by Crippen LogP contribution is -2.44. The number of methoxy groups -OCH3 is 1. The van der Waals surface area contributed by atoms with E-state index in [4.69, 9.17) is 0 Å². The molecule has 2 unspecified atom stereocenters. The molecule has 0 radical (unpaired) electrons. The molecule has 1 aliphatic heterocycles. The van der Waals surface area contributed by atoms with Crippen molar-refractivity contribution in [3.63, 3.8) is 0 Å². The molecule has 0 bridgehead atoms. The Hall–Kier alpha value is -1.18. The highest BCUT2D eigenvalue weighted by molar-refractivity contribution is 5.92. The molecule has 1 fully saturated rings. The first-order chi connectivity index (χ1) is 8.42. The Morgan fingerprint density at radius 3 is 2.72 bits per heavy atom. The molecule has 18 heavy (non-hydrogen) atoms. The van der Waals surface area contributed by atoms with Gasteiger partial charge in [-0.05, 0) is 20.5 Å². The third-order valence-corrected chi connectivity index (χ3v) is 2.86. The summed E-state index contributed by atoms with van der Waals surface area (Å²) in [7, 11) is 5.09. The number of alkyl carbamates (subject to hydrolysis) is 1. The van der Waals surface area contributed by atoms with E-state index in [0.29, 0.717) is 13.0 Å². The summed E-state index contributed by atoms with van der Waals surface area (Å²) < 4.78 is 4.35. The van der Waals surface area contributed by atoms with Crippen molar-refractivity contribution in [2.45, 2.75) is 18.6 Å². The number of aliphatic hydroxyl groups is 1. The van der Waals surface area contributed by atoms with E-state index < -0.39 is 18.1 Å². The highest BCUT2D eigenvalue weighted by Crippen LogP contribution is 2.17. The number of β-amino-alcohol motifs (C(OH)–C–C–N with tert-alkyl or cyclic N) is 1. The van der Waals surface area contributed by atoms with E-state index in [1.165, 1.54) is 7.11 Å². The van der Waals surface area contributed by atoms with Gasteiger partial charge in [-0.1, -0.05) is 0 Å². The number of rotatable bonds is 4. The van der Waals surface area contributed by atoms with E-state index in [2.05, 4.69) is 10.1 Å². The second-order valence-electron chi connectivity index (χ2n) is 4.77. The van der Waals surface area contributed by atoms with Crippen molar-refractivity contribution >= 4 is 12.0 Å². The molecule has 1 aliphatic rings. The molecule has 2 amide bonds. The van der Waals surface area contributed by atoms with Crippen LogP contribution in [0, 0.1) is 0 Å². The number of likely N-dealkylation sites (tertiary alicyclic amines) is 1. The fourth-order valence-corrected chi connectivity index (χ4v) is 2.15. The summed E-state index contributed by atoms with van der Waals surface area (Å²) in [6.45, 7) is 1.31. The fourth-order valence-electron chi connectivity index (χ4n) is 2.15. The zero-order valence-electron chi connectivity index (χ0n) is 11.0. The first kappa shape index (κ1) is 14.9. The number of ether oxygens (including phenoxy) is 1. The minimum Gasteiger partial charge on any atom is -0.453 e. The van der Waals surface area contributed by atoms with Gasteiger partial charge < -0.3 is 14.7 Å². The molecule has 7 nitrogen and oxygen atoms in total. The van der Waals surface area contributed by atoms with Gasteiger partial charge in [0, 0.05) is 19.1 Å². The van der Waals surface area contributed by atoms with Crippen molar-refractivity contribution in [1.29, 1.82) is 0 Å².